The normalized spacial score (nSPS) is 10.8. The molecule has 0 saturated carbocycles. The Morgan fingerprint density at radius 3 is 2.53 bits per heavy atom. The molecule has 1 aromatic heterocycles. The molecule has 0 spiro atoms. The first kappa shape index (κ1) is 11.4. The van der Waals surface area contributed by atoms with Gasteiger partial charge in [0.2, 0.25) is 0 Å². The Balaban J connectivity index is 2.48. The lowest BCUT2D eigenvalue weighted by Crippen LogP contribution is -2.23. The van der Waals surface area contributed by atoms with Crippen LogP contribution in [-0.2, 0) is 13.6 Å². The molecule has 0 atom stereocenters. The third-order valence-electron chi connectivity index (χ3n) is 2.98. The second-order valence-corrected chi connectivity index (χ2v) is 3.98. The largest absolute Gasteiger partial charge is 0.393 e. The van der Waals surface area contributed by atoms with Gasteiger partial charge in [-0.25, -0.2) is 9.07 Å². The molecule has 0 radical (unpaired) electrons. The van der Waals surface area contributed by atoms with E-state index in [9.17, 15) is 9.18 Å². The first-order chi connectivity index (χ1) is 8.02. The van der Waals surface area contributed by atoms with Gasteiger partial charge in [-0.1, -0.05) is 18.2 Å². The minimum absolute atomic E-state index is 0.181. The summed E-state index contributed by atoms with van der Waals surface area (Å²) in [6, 6.07) is 6.38. The molecule has 2 rings (SSSR count). The van der Waals surface area contributed by atoms with Gasteiger partial charge in [0, 0.05) is 12.6 Å². The standard InChI is InChI=1S/C12H14FN3O/c1-8-11(14)12(17)16(15(8)2)7-9-5-3-4-6-10(9)13/h3-6H,7,14H2,1-2H3. The number of nitrogens with two attached hydrogens (primary N) is 1. The number of rotatable bonds is 2. The summed E-state index contributed by atoms with van der Waals surface area (Å²) < 4.78 is 16.6. The average Bonchev–Trinajstić information content (AvgIpc) is 2.50. The SMILES string of the molecule is Cc1c(N)c(=O)n(Cc2ccccc2F)n1C. The molecule has 0 amide bonds. The maximum atomic E-state index is 13.5. The van der Waals surface area contributed by atoms with Crippen LogP contribution in [0.4, 0.5) is 10.1 Å². The molecule has 0 aliphatic rings. The summed E-state index contributed by atoms with van der Waals surface area (Å²) in [5.74, 6) is -0.322. The van der Waals surface area contributed by atoms with Crippen LogP contribution in [0, 0.1) is 12.7 Å². The highest BCUT2D eigenvalue weighted by molar-refractivity contribution is 5.40. The van der Waals surface area contributed by atoms with E-state index in [1.807, 2.05) is 0 Å². The molecule has 4 nitrogen and oxygen atoms in total. The van der Waals surface area contributed by atoms with Crippen molar-refractivity contribution in [2.45, 2.75) is 13.5 Å². The molecule has 0 aliphatic carbocycles. The Hall–Kier alpha value is -2.04. The molecule has 0 fully saturated rings. The number of anilines is 1. The van der Waals surface area contributed by atoms with Crippen molar-refractivity contribution in [3.63, 3.8) is 0 Å². The molecule has 0 unspecified atom stereocenters. The number of aromatic nitrogens is 2. The highest BCUT2D eigenvalue weighted by Crippen LogP contribution is 2.10. The zero-order valence-corrected chi connectivity index (χ0v) is 9.77. The minimum atomic E-state index is -0.322. The van der Waals surface area contributed by atoms with E-state index in [-0.39, 0.29) is 23.6 Å². The van der Waals surface area contributed by atoms with Crippen LogP contribution in [0.3, 0.4) is 0 Å². The number of hydrogen-bond donors (Lipinski definition) is 1. The predicted octanol–water partition coefficient (Wildman–Crippen LogP) is 1.26. The zero-order valence-electron chi connectivity index (χ0n) is 9.77. The van der Waals surface area contributed by atoms with Crippen LogP contribution in [-0.4, -0.2) is 9.36 Å². The van der Waals surface area contributed by atoms with E-state index in [1.54, 1.807) is 36.9 Å². The predicted molar refractivity (Wildman–Crippen MR) is 64.3 cm³/mol. The first-order valence-corrected chi connectivity index (χ1v) is 5.27. The second-order valence-electron chi connectivity index (χ2n) is 3.98. The molecule has 1 heterocycles. The fourth-order valence-electron chi connectivity index (χ4n) is 1.75. The molecule has 0 saturated heterocycles. The monoisotopic (exact) mass is 235 g/mol. The fourth-order valence-corrected chi connectivity index (χ4v) is 1.75. The van der Waals surface area contributed by atoms with Gasteiger partial charge < -0.3 is 5.73 Å². The van der Waals surface area contributed by atoms with Gasteiger partial charge in [-0.3, -0.25) is 9.48 Å². The quantitative estimate of drug-likeness (QED) is 0.852. The molecular weight excluding hydrogens is 221 g/mol. The summed E-state index contributed by atoms with van der Waals surface area (Å²) in [6.45, 7) is 1.94. The third-order valence-corrected chi connectivity index (χ3v) is 2.98. The van der Waals surface area contributed by atoms with Gasteiger partial charge in [0.1, 0.15) is 11.5 Å². The van der Waals surface area contributed by atoms with Gasteiger partial charge in [-0.05, 0) is 13.0 Å². The Labute approximate surface area is 98.1 Å². The molecule has 90 valence electrons. The first-order valence-electron chi connectivity index (χ1n) is 5.27. The topological polar surface area (TPSA) is 53.0 Å². The van der Waals surface area contributed by atoms with Crippen molar-refractivity contribution in [3.8, 4) is 0 Å². The van der Waals surface area contributed by atoms with Gasteiger partial charge in [0.05, 0.1) is 12.2 Å². The molecule has 0 aliphatic heterocycles. The van der Waals surface area contributed by atoms with Crippen LogP contribution in [0.1, 0.15) is 11.3 Å². The highest BCUT2D eigenvalue weighted by Gasteiger charge is 2.12. The molecule has 2 aromatic rings. The highest BCUT2D eigenvalue weighted by atomic mass is 19.1. The number of hydrogen-bond acceptors (Lipinski definition) is 2. The maximum Gasteiger partial charge on any atom is 0.290 e. The van der Waals surface area contributed by atoms with E-state index in [1.165, 1.54) is 10.7 Å². The Kier molecular flexibility index (Phi) is 2.75. The summed E-state index contributed by atoms with van der Waals surface area (Å²) in [5, 5.41) is 0. The van der Waals surface area contributed by atoms with Crippen molar-refractivity contribution in [3.05, 3.63) is 51.7 Å². The molecular formula is C12H14FN3O. The van der Waals surface area contributed by atoms with Crippen molar-refractivity contribution < 1.29 is 4.39 Å². The van der Waals surface area contributed by atoms with Gasteiger partial charge >= 0.3 is 0 Å². The molecule has 17 heavy (non-hydrogen) atoms. The molecule has 5 heteroatoms. The van der Waals surface area contributed by atoms with Crippen molar-refractivity contribution in [2.24, 2.45) is 7.05 Å². The minimum Gasteiger partial charge on any atom is -0.393 e. The van der Waals surface area contributed by atoms with Crippen LogP contribution in [0.5, 0.6) is 0 Å². The number of benzene rings is 1. The van der Waals surface area contributed by atoms with Gasteiger partial charge in [-0.15, -0.1) is 0 Å². The van der Waals surface area contributed by atoms with Crippen LogP contribution in [0.15, 0.2) is 29.1 Å². The average molecular weight is 235 g/mol. The van der Waals surface area contributed by atoms with Crippen molar-refractivity contribution in [2.75, 3.05) is 5.73 Å². The summed E-state index contributed by atoms with van der Waals surface area (Å²) in [6.07, 6.45) is 0. The van der Waals surface area contributed by atoms with Crippen molar-refractivity contribution >= 4 is 5.69 Å². The number of nitrogens with zero attached hydrogens (tertiary/aromatic N) is 2. The Bertz CT molecular complexity index is 613. The molecule has 1 aromatic carbocycles. The fraction of sp³-hybridized carbons (Fsp3) is 0.250. The van der Waals surface area contributed by atoms with Gasteiger partial charge in [0.15, 0.2) is 0 Å². The number of nitrogen functional groups attached to an aromatic ring is 1. The van der Waals surface area contributed by atoms with Crippen LogP contribution < -0.4 is 11.3 Å². The molecule has 0 bridgehead atoms. The summed E-state index contributed by atoms with van der Waals surface area (Å²) in [4.78, 5) is 11.8. The van der Waals surface area contributed by atoms with Crippen LogP contribution >= 0.6 is 0 Å². The van der Waals surface area contributed by atoms with Gasteiger partial charge in [0.25, 0.3) is 5.56 Å². The maximum absolute atomic E-state index is 13.5. The third kappa shape index (κ3) is 1.84. The Morgan fingerprint density at radius 2 is 2.00 bits per heavy atom. The summed E-state index contributed by atoms with van der Waals surface area (Å²) >= 11 is 0. The van der Waals surface area contributed by atoms with E-state index in [0.29, 0.717) is 11.3 Å². The lowest BCUT2D eigenvalue weighted by atomic mass is 10.2. The van der Waals surface area contributed by atoms with E-state index < -0.39 is 0 Å². The van der Waals surface area contributed by atoms with Crippen LogP contribution in [0.25, 0.3) is 0 Å². The van der Waals surface area contributed by atoms with E-state index in [2.05, 4.69) is 0 Å². The second kappa shape index (κ2) is 4.08. The van der Waals surface area contributed by atoms with Crippen molar-refractivity contribution in [1.82, 2.24) is 9.36 Å². The smallest absolute Gasteiger partial charge is 0.290 e. The Morgan fingerprint density at radius 1 is 1.35 bits per heavy atom. The van der Waals surface area contributed by atoms with Crippen LogP contribution in [0.2, 0.25) is 0 Å². The number of halogens is 1. The lowest BCUT2D eigenvalue weighted by molar-refractivity contribution is 0.507. The van der Waals surface area contributed by atoms with E-state index in [4.69, 9.17) is 5.73 Å². The van der Waals surface area contributed by atoms with E-state index in [0.717, 1.165) is 0 Å². The summed E-state index contributed by atoms with van der Waals surface area (Å²) in [7, 11) is 1.73. The lowest BCUT2D eigenvalue weighted by Gasteiger charge is -2.08. The van der Waals surface area contributed by atoms with E-state index >= 15 is 0 Å². The summed E-state index contributed by atoms with van der Waals surface area (Å²) in [5.41, 5.74) is 6.73. The zero-order chi connectivity index (χ0) is 12.6. The molecule has 2 N–H and O–H groups in total. The van der Waals surface area contributed by atoms with Crippen molar-refractivity contribution in [1.29, 1.82) is 0 Å². The van der Waals surface area contributed by atoms with Gasteiger partial charge in [-0.2, -0.15) is 0 Å².